The number of hydrogen-bond acceptors (Lipinski definition) is 8. The van der Waals surface area contributed by atoms with E-state index < -0.39 is 12.1 Å². The van der Waals surface area contributed by atoms with E-state index in [1.54, 1.807) is 0 Å². The molecule has 0 spiro atoms. The van der Waals surface area contributed by atoms with Crippen LogP contribution in [0.15, 0.2) is 4.99 Å². The fraction of sp³-hybridized carbons (Fsp3) is 0.880. The zero-order valence-corrected chi connectivity index (χ0v) is 20.8. The second kappa shape index (κ2) is 10.6. The van der Waals surface area contributed by atoms with Crippen LogP contribution in [0, 0.1) is 34.0 Å². The average molecular weight is 474 g/mol. The third-order valence-electron chi connectivity index (χ3n) is 8.98. The summed E-state index contributed by atoms with van der Waals surface area (Å²) in [6.45, 7) is 7.92. The van der Waals surface area contributed by atoms with Crippen LogP contribution in [0.4, 0.5) is 0 Å². The maximum absolute atomic E-state index is 13.6. The number of carbonyl (C=O) groups is 1. The molecule has 0 aromatic rings. The van der Waals surface area contributed by atoms with E-state index in [9.17, 15) is 10.1 Å². The Morgan fingerprint density at radius 1 is 1.29 bits per heavy atom. The molecule has 8 atom stereocenters. The number of nitriles is 1. The largest absolute Gasteiger partial charge is 0.371 e. The predicted octanol–water partition coefficient (Wildman–Crippen LogP) is 0.641. The topological polar surface area (TPSA) is 151 Å². The fourth-order valence-corrected chi connectivity index (χ4v) is 6.80. The number of ether oxygens (including phenoxy) is 1. The van der Waals surface area contributed by atoms with E-state index in [1.165, 1.54) is 0 Å². The highest BCUT2D eigenvalue weighted by Crippen LogP contribution is 2.71. The van der Waals surface area contributed by atoms with E-state index in [4.69, 9.17) is 21.2 Å². The zero-order chi connectivity index (χ0) is 24.3. The zero-order valence-electron chi connectivity index (χ0n) is 20.8. The number of hydrogen-bond donors (Lipinski definition) is 5. The van der Waals surface area contributed by atoms with E-state index in [2.05, 4.69) is 35.9 Å². The van der Waals surface area contributed by atoms with Crippen LogP contribution >= 0.6 is 0 Å². The number of nitrogens with two attached hydrogens (primary N) is 2. The van der Waals surface area contributed by atoms with Crippen LogP contribution in [0.3, 0.4) is 0 Å². The first-order chi connectivity index (χ1) is 16.3. The van der Waals surface area contributed by atoms with Crippen molar-refractivity contribution in [2.24, 2.45) is 39.1 Å². The number of nitrogens with zero attached hydrogens (tertiary/aromatic N) is 2. The molecule has 0 aromatic carbocycles. The summed E-state index contributed by atoms with van der Waals surface area (Å²) in [4.78, 5) is 18.5. The summed E-state index contributed by atoms with van der Waals surface area (Å²) in [7, 11) is 0. The maximum Gasteiger partial charge on any atom is 0.228 e. The van der Waals surface area contributed by atoms with Crippen LogP contribution in [0.2, 0.25) is 0 Å². The number of fused-ring (bicyclic) bond motifs is 1. The Bertz CT molecular complexity index is 793. The molecular formula is C25H43N7O2. The second-order valence-corrected chi connectivity index (χ2v) is 11.3. The molecule has 2 saturated heterocycles. The molecule has 34 heavy (non-hydrogen) atoms. The van der Waals surface area contributed by atoms with Crippen molar-refractivity contribution >= 4 is 12.1 Å². The average Bonchev–Trinajstić information content (AvgIpc) is 3.11. The first-order valence-corrected chi connectivity index (χ1v) is 13.1. The van der Waals surface area contributed by atoms with Crippen LogP contribution in [0.25, 0.3) is 0 Å². The minimum absolute atomic E-state index is 0.0284. The molecule has 3 fully saturated rings. The standard InChI is InChI=1S/C25H43N7O2/c1-3-25-11-18(31-12-16(4-7-26)10-24(25,2)15-25)21(22(27)28)23(33)32-19-14-30-9-6-20(19)34-17-5-8-29-13-17/h12,16-22,29-30H,3-6,8-11,13-15,27-28H2,1-2H3,(H,32,33)/t16?,17-,18?,19?,20?,21?,24?,25?/m0/s1. The van der Waals surface area contributed by atoms with Gasteiger partial charge in [0.15, 0.2) is 0 Å². The molecule has 0 aromatic heterocycles. The van der Waals surface area contributed by atoms with Gasteiger partial charge in [0, 0.05) is 31.6 Å². The van der Waals surface area contributed by atoms with Gasteiger partial charge >= 0.3 is 0 Å². The molecule has 9 nitrogen and oxygen atoms in total. The van der Waals surface area contributed by atoms with Crippen molar-refractivity contribution in [1.29, 1.82) is 5.26 Å². The van der Waals surface area contributed by atoms with E-state index in [0.717, 1.165) is 58.2 Å². The molecule has 9 heteroatoms. The van der Waals surface area contributed by atoms with Crippen molar-refractivity contribution in [2.75, 3.05) is 26.2 Å². The molecule has 1 aliphatic carbocycles. The summed E-state index contributed by atoms with van der Waals surface area (Å²) in [5.41, 5.74) is 12.8. The third-order valence-corrected chi connectivity index (χ3v) is 8.98. The highest BCUT2D eigenvalue weighted by molar-refractivity contribution is 5.81. The van der Waals surface area contributed by atoms with Gasteiger partial charge in [-0.15, -0.1) is 0 Å². The highest BCUT2D eigenvalue weighted by atomic mass is 16.5. The normalized spacial score (nSPS) is 40.6. The number of amides is 1. The number of rotatable bonds is 8. The van der Waals surface area contributed by atoms with Gasteiger partial charge in [-0.2, -0.15) is 5.26 Å². The van der Waals surface area contributed by atoms with Gasteiger partial charge in [0.2, 0.25) is 5.91 Å². The van der Waals surface area contributed by atoms with Gasteiger partial charge < -0.3 is 32.2 Å². The Morgan fingerprint density at radius 2 is 2.06 bits per heavy atom. The summed E-state index contributed by atoms with van der Waals surface area (Å²) in [5, 5.41) is 19.3. The van der Waals surface area contributed by atoms with E-state index in [0.29, 0.717) is 13.0 Å². The van der Waals surface area contributed by atoms with Crippen molar-refractivity contribution in [2.45, 2.75) is 89.3 Å². The van der Waals surface area contributed by atoms with E-state index in [1.807, 2.05) is 6.21 Å². The van der Waals surface area contributed by atoms with Gasteiger partial charge in [0.1, 0.15) is 0 Å². The predicted molar refractivity (Wildman–Crippen MR) is 132 cm³/mol. The molecule has 4 rings (SSSR count). The van der Waals surface area contributed by atoms with Gasteiger partial charge in [-0.05, 0) is 62.4 Å². The van der Waals surface area contributed by atoms with Crippen LogP contribution in [-0.4, -0.2) is 68.8 Å². The molecule has 7 N–H and O–H groups in total. The van der Waals surface area contributed by atoms with Gasteiger partial charge in [-0.1, -0.05) is 13.8 Å². The van der Waals surface area contributed by atoms with Gasteiger partial charge in [-0.25, -0.2) is 0 Å². The first kappa shape index (κ1) is 25.5. The SMILES string of the molecule is CCC12CC(C(C(=O)NC3CNCCC3O[C@H]3CCNC3)C(N)N)N=CC(CC#N)CC1(C)C2. The van der Waals surface area contributed by atoms with Crippen LogP contribution < -0.4 is 27.4 Å². The summed E-state index contributed by atoms with van der Waals surface area (Å²) in [6, 6.07) is 1.89. The Morgan fingerprint density at radius 3 is 2.74 bits per heavy atom. The van der Waals surface area contributed by atoms with Gasteiger partial charge in [-0.3, -0.25) is 9.79 Å². The fourth-order valence-electron chi connectivity index (χ4n) is 6.80. The number of piperidine rings is 1. The minimum atomic E-state index is -0.815. The Kier molecular flexibility index (Phi) is 7.95. The van der Waals surface area contributed by atoms with Crippen LogP contribution in [-0.2, 0) is 9.53 Å². The van der Waals surface area contributed by atoms with Crippen LogP contribution in [0.5, 0.6) is 0 Å². The molecule has 4 aliphatic rings. The lowest BCUT2D eigenvalue weighted by Crippen LogP contribution is -2.60. The molecule has 1 amide bonds. The lowest BCUT2D eigenvalue weighted by atomic mass is 9.76. The monoisotopic (exact) mass is 473 g/mol. The number of nitrogens with one attached hydrogen (secondary N) is 3. The van der Waals surface area contributed by atoms with Crippen molar-refractivity contribution in [3.05, 3.63) is 0 Å². The maximum atomic E-state index is 13.6. The van der Waals surface area contributed by atoms with Crippen molar-refractivity contribution in [3.8, 4) is 6.07 Å². The van der Waals surface area contributed by atoms with E-state index >= 15 is 0 Å². The summed E-state index contributed by atoms with van der Waals surface area (Å²) < 4.78 is 6.36. The Labute approximate surface area is 203 Å². The molecule has 1 saturated carbocycles. The molecule has 3 aliphatic heterocycles. The molecule has 0 radical (unpaired) electrons. The quantitative estimate of drug-likeness (QED) is 0.325. The summed E-state index contributed by atoms with van der Waals surface area (Å²) >= 11 is 0. The Balaban J connectivity index is 1.50. The molecule has 190 valence electrons. The lowest BCUT2D eigenvalue weighted by molar-refractivity contribution is -0.129. The molecular weight excluding hydrogens is 430 g/mol. The highest BCUT2D eigenvalue weighted by Gasteiger charge is 2.64. The molecule has 0 bridgehead atoms. The minimum Gasteiger partial charge on any atom is -0.371 e. The number of aliphatic imine (C=N–C) groups is 1. The van der Waals surface area contributed by atoms with Crippen molar-refractivity contribution in [1.82, 2.24) is 16.0 Å². The summed E-state index contributed by atoms with van der Waals surface area (Å²) in [6.07, 6.45) is 7.46. The number of carbonyl (C=O) groups excluding carboxylic acids is 1. The van der Waals surface area contributed by atoms with Gasteiger partial charge in [0.25, 0.3) is 0 Å². The van der Waals surface area contributed by atoms with Crippen LogP contribution in [0.1, 0.15) is 58.8 Å². The first-order valence-electron chi connectivity index (χ1n) is 13.1. The third kappa shape index (κ3) is 5.31. The molecule has 7 unspecified atom stereocenters. The van der Waals surface area contributed by atoms with Gasteiger partial charge in [0.05, 0.1) is 42.4 Å². The van der Waals surface area contributed by atoms with Crippen molar-refractivity contribution in [3.63, 3.8) is 0 Å². The van der Waals surface area contributed by atoms with E-state index in [-0.39, 0.29) is 46.9 Å². The smallest absolute Gasteiger partial charge is 0.228 e. The van der Waals surface area contributed by atoms with Crippen molar-refractivity contribution < 1.29 is 9.53 Å². The molecule has 3 heterocycles. The second-order valence-electron chi connectivity index (χ2n) is 11.3. The summed E-state index contributed by atoms with van der Waals surface area (Å²) in [5.74, 6) is -0.666. The lowest BCUT2D eigenvalue weighted by Gasteiger charge is -2.37. The Hall–Kier alpha value is -1.57.